The number of hydrogen-bond acceptors (Lipinski definition) is 2. The Labute approximate surface area is 81.1 Å². The maximum absolute atomic E-state index is 11.5. The molecule has 0 aliphatic carbocycles. The molecule has 0 aromatic carbocycles. The predicted octanol–water partition coefficient (Wildman–Crippen LogP) is 0.531. The van der Waals surface area contributed by atoms with E-state index in [4.69, 9.17) is 0 Å². The SMILES string of the molecule is CC1=CCn2c(=O)ccc(=O)n2C1C. The smallest absolute Gasteiger partial charge is 0.265 e. The second-order valence-corrected chi connectivity index (χ2v) is 3.56. The van der Waals surface area contributed by atoms with Crippen molar-refractivity contribution >= 4 is 0 Å². The lowest BCUT2D eigenvalue weighted by atomic mass is 10.1. The zero-order chi connectivity index (χ0) is 10.3. The van der Waals surface area contributed by atoms with Gasteiger partial charge >= 0.3 is 0 Å². The average molecular weight is 192 g/mol. The fraction of sp³-hybridized carbons (Fsp3) is 0.400. The molecule has 14 heavy (non-hydrogen) atoms. The molecule has 0 saturated carbocycles. The predicted molar refractivity (Wildman–Crippen MR) is 53.4 cm³/mol. The third-order valence-electron chi connectivity index (χ3n) is 2.72. The van der Waals surface area contributed by atoms with Gasteiger partial charge in [-0.1, -0.05) is 11.6 Å². The van der Waals surface area contributed by atoms with Crippen molar-refractivity contribution in [3.63, 3.8) is 0 Å². The van der Waals surface area contributed by atoms with Gasteiger partial charge in [0.15, 0.2) is 0 Å². The van der Waals surface area contributed by atoms with Crippen LogP contribution >= 0.6 is 0 Å². The number of aromatic nitrogens is 2. The normalized spacial score (nSPS) is 20.1. The molecule has 1 aliphatic rings. The topological polar surface area (TPSA) is 44.0 Å². The molecule has 2 heterocycles. The number of allylic oxidation sites excluding steroid dienone is 2. The zero-order valence-electron chi connectivity index (χ0n) is 8.23. The lowest BCUT2D eigenvalue weighted by Gasteiger charge is -2.25. The number of fused-ring (bicyclic) bond motifs is 1. The van der Waals surface area contributed by atoms with Crippen molar-refractivity contribution in [3.8, 4) is 0 Å². The van der Waals surface area contributed by atoms with Crippen LogP contribution in [0.1, 0.15) is 19.9 Å². The second kappa shape index (κ2) is 2.97. The van der Waals surface area contributed by atoms with E-state index in [1.165, 1.54) is 21.5 Å². The van der Waals surface area contributed by atoms with Crippen molar-refractivity contribution in [1.82, 2.24) is 9.36 Å². The van der Waals surface area contributed by atoms with Gasteiger partial charge in [-0.15, -0.1) is 0 Å². The van der Waals surface area contributed by atoms with Gasteiger partial charge in [0.25, 0.3) is 11.1 Å². The highest BCUT2D eigenvalue weighted by Gasteiger charge is 2.16. The van der Waals surface area contributed by atoms with Crippen LogP contribution in [0.3, 0.4) is 0 Å². The van der Waals surface area contributed by atoms with Crippen molar-refractivity contribution in [2.24, 2.45) is 0 Å². The molecule has 1 unspecified atom stereocenters. The summed E-state index contributed by atoms with van der Waals surface area (Å²) in [6.45, 7) is 4.38. The molecule has 0 radical (unpaired) electrons. The molecular formula is C10H12N2O2. The van der Waals surface area contributed by atoms with Crippen LogP contribution in [0, 0.1) is 0 Å². The summed E-state index contributed by atoms with van der Waals surface area (Å²) in [6.07, 6.45) is 1.98. The molecule has 1 aromatic rings. The molecule has 0 spiro atoms. The van der Waals surface area contributed by atoms with E-state index in [9.17, 15) is 9.59 Å². The fourth-order valence-corrected chi connectivity index (χ4v) is 1.70. The lowest BCUT2D eigenvalue weighted by Crippen LogP contribution is -2.41. The van der Waals surface area contributed by atoms with Gasteiger partial charge in [0.2, 0.25) is 0 Å². The van der Waals surface area contributed by atoms with Crippen LogP contribution in [0.15, 0.2) is 33.4 Å². The molecule has 4 nitrogen and oxygen atoms in total. The highest BCUT2D eigenvalue weighted by atomic mass is 16.2. The maximum Gasteiger partial charge on any atom is 0.265 e. The molecular weight excluding hydrogens is 180 g/mol. The molecule has 2 rings (SSSR count). The zero-order valence-corrected chi connectivity index (χ0v) is 8.23. The van der Waals surface area contributed by atoms with Gasteiger partial charge in [0.1, 0.15) is 0 Å². The molecule has 0 saturated heterocycles. The van der Waals surface area contributed by atoms with E-state index in [0.29, 0.717) is 6.54 Å². The summed E-state index contributed by atoms with van der Waals surface area (Å²) in [4.78, 5) is 23.0. The minimum Gasteiger partial charge on any atom is -0.268 e. The van der Waals surface area contributed by atoms with E-state index in [1.54, 1.807) is 0 Å². The summed E-state index contributed by atoms with van der Waals surface area (Å²) in [5.41, 5.74) is 0.877. The Hall–Kier alpha value is -1.58. The minimum atomic E-state index is -0.125. The van der Waals surface area contributed by atoms with E-state index in [1.807, 2.05) is 19.9 Å². The van der Waals surface area contributed by atoms with Gasteiger partial charge in [-0.2, -0.15) is 0 Å². The van der Waals surface area contributed by atoms with Crippen molar-refractivity contribution in [3.05, 3.63) is 44.5 Å². The van der Waals surface area contributed by atoms with E-state index in [2.05, 4.69) is 0 Å². The Morgan fingerprint density at radius 2 is 1.93 bits per heavy atom. The van der Waals surface area contributed by atoms with Gasteiger partial charge in [-0.05, 0) is 13.8 Å². The van der Waals surface area contributed by atoms with Gasteiger partial charge in [-0.3, -0.25) is 9.59 Å². The van der Waals surface area contributed by atoms with Crippen LogP contribution in [-0.4, -0.2) is 9.36 Å². The quantitative estimate of drug-likeness (QED) is 0.563. The maximum atomic E-state index is 11.5. The summed E-state index contributed by atoms with van der Waals surface area (Å²) in [5, 5.41) is 0. The molecule has 4 heteroatoms. The molecule has 1 aromatic heterocycles. The monoisotopic (exact) mass is 192 g/mol. The molecule has 0 bridgehead atoms. The summed E-state index contributed by atoms with van der Waals surface area (Å²) >= 11 is 0. The van der Waals surface area contributed by atoms with Crippen LogP contribution < -0.4 is 11.1 Å². The fourth-order valence-electron chi connectivity index (χ4n) is 1.70. The van der Waals surface area contributed by atoms with Crippen LogP contribution in [0.25, 0.3) is 0 Å². The van der Waals surface area contributed by atoms with Crippen molar-refractivity contribution in [2.45, 2.75) is 26.4 Å². The molecule has 1 atom stereocenters. The first-order chi connectivity index (χ1) is 6.61. The highest BCUT2D eigenvalue weighted by Crippen LogP contribution is 2.17. The standard InChI is InChI=1S/C10H12N2O2/c1-7-5-6-11-9(13)3-4-10(14)12(11)8(7)2/h3-5,8H,6H2,1-2H3. The summed E-state index contributed by atoms with van der Waals surface area (Å²) < 4.78 is 2.98. The molecule has 0 fully saturated rings. The average Bonchev–Trinajstić information content (AvgIpc) is 2.16. The van der Waals surface area contributed by atoms with Crippen molar-refractivity contribution in [1.29, 1.82) is 0 Å². The van der Waals surface area contributed by atoms with Gasteiger partial charge < -0.3 is 0 Å². The highest BCUT2D eigenvalue weighted by molar-refractivity contribution is 5.09. The summed E-state index contributed by atoms with van der Waals surface area (Å²) in [7, 11) is 0. The third kappa shape index (κ3) is 1.14. The Morgan fingerprint density at radius 1 is 1.29 bits per heavy atom. The van der Waals surface area contributed by atoms with E-state index in [0.717, 1.165) is 5.57 Å². The van der Waals surface area contributed by atoms with E-state index < -0.39 is 0 Å². The first-order valence-electron chi connectivity index (χ1n) is 4.60. The van der Waals surface area contributed by atoms with Crippen molar-refractivity contribution < 1.29 is 0 Å². The van der Waals surface area contributed by atoms with Crippen molar-refractivity contribution in [2.75, 3.05) is 0 Å². The van der Waals surface area contributed by atoms with Gasteiger partial charge in [-0.25, -0.2) is 9.36 Å². The second-order valence-electron chi connectivity index (χ2n) is 3.56. The molecule has 74 valence electrons. The lowest BCUT2D eigenvalue weighted by molar-refractivity contribution is 0.385. The molecule has 0 N–H and O–H groups in total. The van der Waals surface area contributed by atoms with Crippen LogP contribution in [0.2, 0.25) is 0 Å². The van der Waals surface area contributed by atoms with Gasteiger partial charge in [0, 0.05) is 12.1 Å². The van der Waals surface area contributed by atoms with Crippen LogP contribution in [0.4, 0.5) is 0 Å². The Morgan fingerprint density at radius 3 is 2.64 bits per heavy atom. The third-order valence-corrected chi connectivity index (χ3v) is 2.72. The Bertz CT molecular complexity index is 508. The largest absolute Gasteiger partial charge is 0.268 e. The number of rotatable bonds is 0. The Balaban J connectivity index is 2.77. The molecule has 0 amide bonds. The Kier molecular flexibility index (Phi) is 1.91. The summed E-state index contributed by atoms with van der Waals surface area (Å²) in [5.74, 6) is 0. The number of nitrogens with zero attached hydrogens (tertiary/aromatic N) is 2. The number of hydrogen-bond donors (Lipinski definition) is 0. The molecule has 1 aliphatic heterocycles. The van der Waals surface area contributed by atoms with Crippen LogP contribution in [0.5, 0.6) is 0 Å². The van der Waals surface area contributed by atoms with E-state index >= 15 is 0 Å². The first-order valence-corrected chi connectivity index (χ1v) is 4.60. The summed E-state index contributed by atoms with van der Waals surface area (Å²) in [6, 6.07) is 2.62. The first kappa shape index (κ1) is 8.99. The van der Waals surface area contributed by atoms with Gasteiger partial charge in [0.05, 0.1) is 12.6 Å². The van der Waals surface area contributed by atoms with Crippen LogP contribution in [-0.2, 0) is 6.54 Å². The minimum absolute atomic E-state index is 0.0230. The van der Waals surface area contributed by atoms with E-state index in [-0.39, 0.29) is 17.2 Å².